The van der Waals surface area contributed by atoms with Gasteiger partial charge in [-0.3, -0.25) is 9.59 Å². The number of aryl methyl sites for hydroxylation is 1. The van der Waals surface area contributed by atoms with E-state index in [1.54, 1.807) is 0 Å². The van der Waals surface area contributed by atoms with E-state index in [4.69, 9.17) is 0 Å². The highest BCUT2D eigenvalue weighted by molar-refractivity contribution is 8.00. The third kappa shape index (κ3) is 5.42. The van der Waals surface area contributed by atoms with E-state index in [0.29, 0.717) is 10.9 Å². The average molecular weight is 398 g/mol. The fraction of sp³-hybridized carbons (Fsp3) is 0.150. The predicted octanol–water partition coefficient (Wildman–Crippen LogP) is 4.81. The highest BCUT2D eigenvalue weighted by atomic mass is 32.2. The van der Waals surface area contributed by atoms with Crippen LogP contribution in [0.2, 0.25) is 0 Å². The van der Waals surface area contributed by atoms with Crippen molar-refractivity contribution in [1.29, 1.82) is 0 Å². The zero-order valence-electron chi connectivity index (χ0n) is 15.0. The third-order valence-corrected chi connectivity index (χ3v) is 5.53. The summed E-state index contributed by atoms with van der Waals surface area (Å²) in [6.07, 6.45) is 0. The molecule has 0 aliphatic rings. The molecule has 0 saturated carbocycles. The smallest absolute Gasteiger partial charge is 0.236 e. The molecule has 2 N–H and O–H groups in total. The number of carbonyl (C=O) groups excluding carboxylic acids is 2. The van der Waals surface area contributed by atoms with E-state index >= 15 is 0 Å². The molecule has 27 heavy (non-hydrogen) atoms. The maximum atomic E-state index is 12.2. The second-order valence-corrected chi connectivity index (χ2v) is 8.08. The Bertz CT molecular complexity index is 938. The van der Waals surface area contributed by atoms with Crippen LogP contribution in [0.4, 0.5) is 10.8 Å². The van der Waals surface area contributed by atoms with Crippen molar-refractivity contribution < 1.29 is 9.59 Å². The molecule has 1 aromatic heterocycles. The van der Waals surface area contributed by atoms with Gasteiger partial charge in [-0.1, -0.05) is 30.3 Å². The molecule has 0 fully saturated rings. The highest BCUT2D eigenvalue weighted by Gasteiger charge is 2.12. The summed E-state index contributed by atoms with van der Waals surface area (Å²) in [5.74, 6) is 0.0846. The van der Waals surface area contributed by atoms with Crippen LogP contribution in [-0.4, -0.2) is 22.6 Å². The van der Waals surface area contributed by atoms with Gasteiger partial charge in [-0.2, -0.15) is 0 Å². The lowest BCUT2D eigenvalue weighted by Crippen LogP contribution is -2.13. The molecule has 0 unspecified atom stereocenters. The number of benzene rings is 2. The summed E-state index contributed by atoms with van der Waals surface area (Å²) in [7, 11) is 0. The SMILES string of the molecule is CC(=O)Nc1ccc(SCC(=O)Nc2nc(-c3ccccc3)c(C)s2)cc1. The number of aromatic nitrogens is 1. The summed E-state index contributed by atoms with van der Waals surface area (Å²) in [6.45, 7) is 3.47. The summed E-state index contributed by atoms with van der Waals surface area (Å²) >= 11 is 2.91. The molecule has 0 aliphatic heterocycles. The number of carbonyl (C=O) groups is 2. The first-order chi connectivity index (χ1) is 13.0. The molecule has 2 aromatic carbocycles. The van der Waals surface area contributed by atoms with Gasteiger partial charge in [0, 0.05) is 27.9 Å². The van der Waals surface area contributed by atoms with Gasteiger partial charge >= 0.3 is 0 Å². The van der Waals surface area contributed by atoms with Gasteiger partial charge in [0.2, 0.25) is 11.8 Å². The Balaban J connectivity index is 1.56. The molecule has 5 nitrogen and oxygen atoms in total. The molecule has 3 rings (SSSR count). The number of nitrogens with one attached hydrogen (secondary N) is 2. The first-order valence-electron chi connectivity index (χ1n) is 8.34. The lowest BCUT2D eigenvalue weighted by Gasteiger charge is -2.05. The number of thiazole rings is 1. The molecule has 0 bridgehead atoms. The number of hydrogen-bond donors (Lipinski definition) is 2. The molecule has 7 heteroatoms. The van der Waals surface area contributed by atoms with Crippen LogP contribution in [0.5, 0.6) is 0 Å². The number of hydrogen-bond acceptors (Lipinski definition) is 5. The van der Waals surface area contributed by atoms with Crippen molar-refractivity contribution >= 4 is 45.7 Å². The summed E-state index contributed by atoms with van der Waals surface area (Å²) in [6, 6.07) is 17.3. The Hall–Kier alpha value is -2.64. The monoisotopic (exact) mass is 397 g/mol. The van der Waals surface area contributed by atoms with Gasteiger partial charge < -0.3 is 10.6 Å². The Morgan fingerprint density at radius 1 is 1.04 bits per heavy atom. The first kappa shape index (κ1) is 19.1. The largest absolute Gasteiger partial charge is 0.326 e. The Labute approximate surface area is 166 Å². The van der Waals surface area contributed by atoms with Crippen LogP contribution in [-0.2, 0) is 9.59 Å². The van der Waals surface area contributed by atoms with Crippen LogP contribution in [0.1, 0.15) is 11.8 Å². The molecule has 0 aliphatic carbocycles. The fourth-order valence-corrected chi connectivity index (χ4v) is 4.01. The van der Waals surface area contributed by atoms with Crippen LogP contribution in [0.15, 0.2) is 59.5 Å². The van der Waals surface area contributed by atoms with Gasteiger partial charge in [0.1, 0.15) is 0 Å². The molecule has 0 saturated heterocycles. The highest BCUT2D eigenvalue weighted by Crippen LogP contribution is 2.30. The standard InChI is InChI=1S/C20H19N3O2S2/c1-13-19(15-6-4-3-5-7-15)23-20(27-13)22-18(25)12-26-17-10-8-16(9-11-17)21-14(2)24/h3-11H,12H2,1-2H3,(H,21,24)(H,22,23,25). The van der Waals surface area contributed by atoms with Crippen molar-refractivity contribution in [1.82, 2.24) is 4.98 Å². The third-order valence-electron chi connectivity index (χ3n) is 3.63. The van der Waals surface area contributed by atoms with Gasteiger partial charge in [0.05, 0.1) is 11.4 Å². The molecule has 1 heterocycles. The van der Waals surface area contributed by atoms with E-state index in [9.17, 15) is 9.59 Å². The maximum absolute atomic E-state index is 12.2. The minimum atomic E-state index is -0.108. The van der Waals surface area contributed by atoms with Crippen molar-refractivity contribution in [3.05, 3.63) is 59.5 Å². The lowest BCUT2D eigenvalue weighted by atomic mass is 10.1. The molecule has 0 atom stereocenters. The Morgan fingerprint density at radius 2 is 1.74 bits per heavy atom. The molecule has 0 radical (unpaired) electrons. The van der Waals surface area contributed by atoms with E-state index in [2.05, 4.69) is 15.6 Å². The molecule has 2 amide bonds. The van der Waals surface area contributed by atoms with E-state index in [-0.39, 0.29) is 11.8 Å². The molecular formula is C20H19N3O2S2. The first-order valence-corrected chi connectivity index (χ1v) is 10.1. The molecule has 3 aromatic rings. The fourth-order valence-electron chi connectivity index (χ4n) is 2.46. The zero-order chi connectivity index (χ0) is 19.2. The van der Waals surface area contributed by atoms with Gasteiger partial charge in [-0.25, -0.2) is 4.98 Å². The Kier molecular flexibility index (Phi) is 6.26. The van der Waals surface area contributed by atoms with Crippen LogP contribution in [0, 0.1) is 6.92 Å². The second kappa shape index (κ2) is 8.83. The van der Waals surface area contributed by atoms with Crippen LogP contribution in [0.25, 0.3) is 11.3 Å². The number of anilines is 2. The average Bonchev–Trinajstić information content (AvgIpc) is 3.01. The van der Waals surface area contributed by atoms with Gasteiger partial charge in [-0.05, 0) is 31.2 Å². The maximum Gasteiger partial charge on any atom is 0.236 e. The minimum Gasteiger partial charge on any atom is -0.326 e. The van der Waals surface area contributed by atoms with Gasteiger partial charge in [0.15, 0.2) is 5.13 Å². The van der Waals surface area contributed by atoms with E-state index in [0.717, 1.165) is 26.7 Å². The minimum absolute atomic E-state index is 0.0979. The summed E-state index contributed by atoms with van der Waals surface area (Å²) in [5.41, 5.74) is 2.68. The van der Waals surface area contributed by atoms with Gasteiger partial charge in [0.25, 0.3) is 0 Å². The van der Waals surface area contributed by atoms with Crippen molar-refractivity contribution in [3.8, 4) is 11.3 Å². The van der Waals surface area contributed by atoms with Crippen LogP contribution >= 0.6 is 23.1 Å². The summed E-state index contributed by atoms with van der Waals surface area (Å²) in [5, 5.41) is 6.20. The van der Waals surface area contributed by atoms with E-state index in [1.807, 2.05) is 61.5 Å². The summed E-state index contributed by atoms with van der Waals surface area (Å²) in [4.78, 5) is 29.8. The predicted molar refractivity (Wildman–Crippen MR) is 112 cm³/mol. The van der Waals surface area contributed by atoms with E-state index in [1.165, 1.54) is 30.0 Å². The van der Waals surface area contributed by atoms with Gasteiger partial charge in [-0.15, -0.1) is 23.1 Å². The second-order valence-electron chi connectivity index (χ2n) is 5.83. The van der Waals surface area contributed by atoms with Crippen molar-refractivity contribution in [2.24, 2.45) is 0 Å². The van der Waals surface area contributed by atoms with Crippen LogP contribution in [0.3, 0.4) is 0 Å². The van der Waals surface area contributed by atoms with E-state index < -0.39 is 0 Å². The topological polar surface area (TPSA) is 71.1 Å². The van der Waals surface area contributed by atoms with Crippen molar-refractivity contribution in [3.63, 3.8) is 0 Å². The molecule has 0 spiro atoms. The normalized spacial score (nSPS) is 10.4. The molecule has 138 valence electrons. The number of thioether (sulfide) groups is 1. The number of rotatable bonds is 6. The van der Waals surface area contributed by atoms with Crippen molar-refractivity contribution in [2.75, 3.05) is 16.4 Å². The van der Waals surface area contributed by atoms with Crippen molar-refractivity contribution in [2.45, 2.75) is 18.7 Å². The lowest BCUT2D eigenvalue weighted by molar-refractivity contribution is -0.114. The summed E-state index contributed by atoms with van der Waals surface area (Å²) < 4.78 is 0. The number of nitrogens with zero attached hydrogens (tertiary/aromatic N) is 1. The van der Waals surface area contributed by atoms with Crippen LogP contribution < -0.4 is 10.6 Å². The number of amides is 2. The molecular weight excluding hydrogens is 378 g/mol. The Morgan fingerprint density at radius 3 is 2.41 bits per heavy atom. The zero-order valence-corrected chi connectivity index (χ0v) is 16.6. The quantitative estimate of drug-likeness (QED) is 0.586.